The Morgan fingerprint density at radius 3 is 2.52 bits per heavy atom. The molecule has 40 heavy (non-hydrogen) atoms. The molecule has 2 aromatic carbocycles. The van der Waals surface area contributed by atoms with Crippen molar-refractivity contribution in [3.05, 3.63) is 65.2 Å². The van der Waals surface area contributed by atoms with Gasteiger partial charge in [0.2, 0.25) is 11.8 Å². The predicted octanol–water partition coefficient (Wildman–Crippen LogP) is 5.16. The topological polar surface area (TPSA) is 114 Å². The fraction of sp³-hybridized carbons (Fsp3) is 0.433. The van der Waals surface area contributed by atoms with E-state index in [4.69, 9.17) is 4.74 Å². The Labute approximate surface area is 237 Å². The molecule has 0 fully saturated rings. The lowest BCUT2D eigenvalue weighted by Crippen LogP contribution is -2.49. The van der Waals surface area contributed by atoms with Gasteiger partial charge in [0, 0.05) is 17.2 Å². The molecule has 1 aliphatic heterocycles. The third kappa shape index (κ3) is 6.98. The first-order chi connectivity index (χ1) is 19.1. The van der Waals surface area contributed by atoms with Gasteiger partial charge in [-0.15, -0.1) is 0 Å². The molecule has 3 aromatic rings. The number of rotatable bonds is 8. The number of ether oxygens (including phenoxy) is 1. The van der Waals surface area contributed by atoms with E-state index >= 15 is 0 Å². The normalized spacial score (nSPS) is 16.9. The molecule has 4 bridgehead atoms. The maximum Gasteiger partial charge on any atom is 0.264 e. The summed E-state index contributed by atoms with van der Waals surface area (Å²) in [5.74, 6) is 0.166. The summed E-state index contributed by atoms with van der Waals surface area (Å²) in [5.41, 5.74) is 3.72. The number of fused-ring (bicyclic) bond motifs is 4. The van der Waals surface area contributed by atoms with Crippen molar-refractivity contribution in [3.63, 3.8) is 0 Å². The van der Waals surface area contributed by atoms with Crippen LogP contribution in [0.3, 0.4) is 0 Å². The van der Waals surface area contributed by atoms with Gasteiger partial charge < -0.3 is 9.64 Å². The molecule has 0 spiro atoms. The highest BCUT2D eigenvalue weighted by molar-refractivity contribution is 7.92. The number of anilines is 1. The summed E-state index contributed by atoms with van der Waals surface area (Å²) in [4.78, 5) is 24.6. The van der Waals surface area contributed by atoms with Crippen LogP contribution in [-0.2, 0) is 10.0 Å². The van der Waals surface area contributed by atoms with Crippen LogP contribution >= 0.6 is 0 Å². The van der Waals surface area contributed by atoms with Gasteiger partial charge >= 0.3 is 0 Å². The third-order valence-corrected chi connectivity index (χ3v) is 8.24. The van der Waals surface area contributed by atoms with Crippen LogP contribution in [0.2, 0.25) is 0 Å². The number of aryl methyl sites for hydroxylation is 2. The van der Waals surface area contributed by atoms with Gasteiger partial charge in [0.1, 0.15) is 6.61 Å². The Hall–Kier alpha value is -3.50. The maximum atomic E-state index is 13.9. The quantitative estimate of drug-likeness (QED) is 0.363. The minimum atomic E-state index is -4.09. The monoisotopic (exact) mass is 565 g/mol. The molecular weight excluding hydrogens is 526 g/mol. The van der Waals surface area contributed by atoms with Crippen molar-refractivity contribution in [1.29, 1.82) is 0 Å². The molecule has 0 unspecified atom stereocenters. The zero-order valence-corrected chi connectivity index (χ0v) is 24.7. The van der Waals surface area contributed by atoms with Gasteiger partial charge in [-0.05, 0) is 68.5 Å². The number of benzene rings is 2. The molecule has 0 aliphatic carbocycles. The van der Waals surface area contributed by atoms with Gasteiger partial charge in [-0.1, -0.05) is 51.5 Å². The van der Waals surface area contributed by atoms with Crippen molar-refractivity contribution in [2.75, 3.05) is 24.5 Å². The average Bonchev–Trinajstić information content (AvgIpc) is 2.90. The number of nitrogens with zero attached hydrogens (tertiary/aromatic N) is 3. The molecule has 1 aromatic heterocycles. The van der Waals surface area contributed by atoms with E-state index in [2.05, 4.69) is 40.8 Å². The second-order valence-electron chi connectivity index (χ2n) is 10.7. The highest BCUT2D eigenvalue weighted by Gasteiger charge is 2.29. The second-order valence-corrected chi connectivity index (χ2v) is 12.4. The average molecular weight is 566 g/mol. The number of hydrogen-bond acceptors (Lipinski definition) is 7. The van der Waals surface area contributed by atoms with E-state index in [1.165, 1.54) is 12.1 Å². The number of amides is 1. The lowest BCUT2D eigenvalue weighted by atomic mass is 10.00. The van der Waals surface area contributed by atoms with Crippen molar-refractivity contribution < 1.29 is 17.9 Å². The summed E-state index contributed by atoms with van der Waals surface area (Å²) in [6, 6.07) is 13.5. The molecule has 0 saturated carbocycles. The summed E-state index contributed by atoms with van der Waals surface area (Å²) in [7, 11) is -4.09. The van der Waals surface area contributed by atoms with Crippen LogP contribution in [0.25, 0.3) is 11.3 Å². The number of carbonyl (C=O) groups is 1. The summed E-state index contributed by atoms with van der Waals surface area (Å²) >= 11 is 0. The van der Waals surface area contributed by atoms with Crippen molar-refractivity contribution in [3.8, 4) is 17.1 Å². The summed E-state index contributed by atoms with van der Waals surface area (Å²) in [6.07, 6.45) is 2.71. The van der Waals surface area contributed by atoms with E-state index in [-0.39, 0.29) is 46.8 Å². The molecule has 1 atom stereocenters. The smallest absolute Gasteiger partial charge is 0.264 e. The fourth-order valence-corrected chi connectivity index (χ4v) is 5.90. The molecule has 214 valence electrons. The Balaban J connectivity index is 1.85. The molecule has 0 radical (unpaired) electrons. The van der Waals surface area contributed by atoms with Crippen LogP contribution in [0.5, 0.6) is 5.88 Å². The summed E-state index contributed by atoms with van der Waals surface area (Å²) in [5, 5.41) is 3.38. The van der Waals surface area contributed by atoms with Gasteiger partial charge in [0.15, 0.2) is 0 Å². The van der Waals surface area contributed by atoms with Gasteiger partial charge in [-0.3, -0.25) is 10.1 Å². The van der Waals surface area contributed by atoms with E-state index in [0.717, 1.165) is 36.1 Å². The third-order valence-electron chi connectivity index (χ3n) is 6.91. The predicted molar refractivity (Wildman–Crippen MR) is 157 cm³/mol. The minimum Gasteiger partial charge on any atom is -0.475 e. The van der Waals surface area contributed by atoms with E-state index in [9.17, 15) is 13.2 Å². The number of hydrogen-bond donors (Lipinski definition) is 2. The van der Waals surface area contributed by atoms with E-state index < -0.39 is 10.0 Å². The van der Waals surface area contributed by atoms with Gasteiger partial charge in [-0.25, -0.2) is 18.1 Å². The molecule has 0 saturated heterocycles. The van der Waals surface area contributed by atoms with Crippen molar-refractivity contribution in [2.45, 2.75) is 64.8 Å². The van der Waals surface area contributed by atoms with E-state index in [1.807, 2.05) is 32.0 Å². The SMILES string of the molecule is CCCCNCN1C(=O)c2cccc(c2)S(=O)(=O)Nc2nc(cc(-c3c(C)cccc3C)n2)OC[C@H]1CC(C)C. The molecular formula is C30H39N5O4S. The highest BCUT2D eigenvalue weighted by atomic mass is 32.2. The fourth-order valence-electron chi connectivity index (χ4n) is 4.91. The van der Waals surface area contributed by atoms with Crippen LogP contribution in [0.4, 0.5) is 5.95 Å². The first-order valence-corrected chi connectivity index (χ1v) is 15.3. The van der Waals surface area contributed by atoms with Crippen molar-refractivity contribution in [1.82, 2.24) is 20.2 Å². The van der Waals surface area contributed by atoms with E-state index in [1.54, 1.807) is 23.1 Å². The lowest BCUT2D eigenvalue weighted by Gasteiger charge is -2.33. The first kappa shape index (κ1) is 29.5. The van der Waals surface area contributed by atoms with Crippen LogP contribution < -0.4 is 14.8 Å². The second kappa shape index (κ2) is 12.8. The molecule has 1 aliphatic rings. The lowest BCUT2D eigenvalue weighted by molar-refractivity contribution is 0.0552. The Morgan fingerprint density at radius 1 is 1.10 bits per heavy atom. The van der Waals surface area contributed by atoms with Crippen LogP contribution in [-0.4, -0.2) is 55.1 Å². The number of nitrogens with one attached hydrogen (secondary N) is 2. The zero-order chi connectivity index (χ0) is 28.9. The number of sulfonamides is 1. The standard InChI is InChI=1S/C30H39N5O4S/c1-6-7-14-31-19-35-24(15-20(2)3)18-39-27-17-26(28-21(4)10-8-11-22(28)5)32-30(33-27)34-40(37,38)25-13-9-12-23(16-25)29(35)36/h8-13,16-17,20,24,31H,6-7,14-15,18-19H2,1-5H3,(H,32,33,34)/t24-/m1/s1. The Bertz CT molecular complexity index is 1440. The van der Waals surface area contributed by atoms with E-state index in [0.29, 0.717) is 18.8 Å². The first-order valence-electron chi connectivity index (χ1n) is 13.8. The largest absolute Gasteiger partial charge is 0.475 e. The highest BCUT2D eigenvalue weighted by Crippen LogP contribution is 2.30. The van der Waals surface area contributed by atoms with Crippen LogP contribution in [0, 0.1) is 19.8 Å². The van der Waals surface area contributed by atoms with Gasteiger partial charge in [-0.2, -0.15) is 4.98 Å². The molecule has 2 heterocycles. The summed E-state index contributed by atoms with van der Waals surface area (Å²) in [6.45, 7) is 11.6. The molecule has 9 nitrogen and oxygen atoms in total. The zero-order valence-electron chi connectivity index (χ0n) is 23.9. The Kier molecular flexibility index (Phi) is 9.42. The Morgan fingerprint density at radius 2 is 1.82 bits per heavy atom. The molecule has 1 amide bonds. The van der Waals surface area contributed by atoms with Crippen molar-refractivity contribution in [2.24, 2.45) is 5.92 Å². The van der Waals surface area contributed by atoms with Gasteiger partial charge in [0.05, 0.1) is 23.3 Å². The van der Waals surface area contributed by atoms with Crippen molar-refractivity contribution >= 4 is 21.9 Å². The molecule has 2 N–H and O–H groups in total. The number of aromatic nitrogens is 2. The molecule has 10 heteroatoms. The van der Waals surface area contributed by atoms with Gasteiger partial charge in [0.25, 0.3) is 15.9 Å². The molecule has 4 rings (SSSR count). The van der Waals surface area contributed by atoms with Crippen LogP contribution in [0.1, 0.15) is 61.5 Å². The summed E-state index contributed by atoms with van der Waals surface area (Å²) < 4.78 is 35.6. The number of unbranched alkanes of at least 4 members (excludes halogenated alkanes) is 1. The minimum absolute atomic E-state index is 0.0413. The maximum absolute atomic E-state index is 13.9. The van der Waals surface area contributed by atoms with Crippen LogP contribution in [0.15, 0.2) is 53.4 Å². The number of carbonyl (C=O) groups excluding carboxylic acids is 1.